The van der Waals surface area contributed by atoms with Gasteiger partial charge in [-0.15, -0.1) is 0 Å². The number of nitrogens with two attached hydrogens (primary N) is 1. The third-order valence-corrected chi connectivity index (χ3v) is 5.37. The van der Waals surface area contributed by atoms with E-state index in [4.69, 9.17) is 5.14 Å². The fourth-order valence-electron chi connectivity index (χ4n) is 2.97. The summed E-state index contributed by atoms with van der Waals surface area (Å²) >= 11 is 0. The van der Waals surface area contributed by atoms with Crippen molar-refractivity contribution in [3.63, 3.8) is 0 Å². The average Bonchev–Trinajstić information content (AvgIpc) is 2.60. The number of nitrogens with one attached hydrogen (secondary N) is 1. The first-order valence-electron chi connectivity index (χ1n) is 8.85. The molecule has 1 aliphatic rings. The Labute approximate surface area is 162 Å². The summed E-state index contributed by atoms with van der Waals surface area (Å²) in [5, 5.41) is 7.79. The lowest BCUT2D eigenvalue weighted by molar-refractivity contribution is -0.174. The molecule has 0 radical (unpaired) electrons. The van der Waals surface area contributed by atoms with E-state index in [1.54, 1.807) is 0 Å². The molecule has 11 heteroatoms. The van der Waals surface area contributed by atoms with Crippen molar-refractivity contribution >= 4 is 21.6 Å². The summed E-state index contributed by atoms with van der Waals surface area (Å²) in [6.07, 6.45) is -2.51. The van der Waals surface area contributed by atoms with Crippen molar-refractivity contribution in [3.8, 4) is 0 Å². The van der Waals surface area contributed by atoms with Gasteiger partial charge in [-0.25, -0.2) is 13.6 Å². The van der Waals surface area contributed by atoms with Gasteiger partial charge in [-0.05, 0) is 56.6 Å². The van der Waals surface area contributed by atoms with Gasteiger partial charge in [-0.2, -0.15) is 13.2 Å². The molecule has 0 spiro atoms. The van der Waals surface area contributed by atoms with Gasteiger partial charge < -0.3 is 15.0 Å². The van der Waals surface area contributed by atoms with Crippen LogP contribution >= 0.6 is 0 Å². The fraction of sp³-hybridized carbons (Fsp3) is 0.588. The van der Waals surface area contributed by atoms with Gasteiger partial charge in [0.25, 0.3) is 0 Å². The number of carbonyl (C=O) groups excluding carboxylic acids is 1. The number of benzene rings is 1. The molecule has 0 aromatic heterocycles. The molecule has 1 heterocycles. The van der Waals surface area contributed by atoms with Crippen LogP contribution in [0.3, 0.4) is 0 Å². The second-order valence-electron chi connectivity index (χ2n) is 6.70. The number of piperidine rings is 1. The lowest BCUT2D eigenvalue weighted by Crippen LogP contribution is -2.38. The van der Waals surface area contributed by atoms with E-state index >= 15 is 0 Å². The highest BCUT2D eigenvalue weighted by molar-refractivity contribution is 7.89. The van der Waals surface area contributed by atoms with Crippen LogP contribution in [0, 0.1) is 5.92 Å². The molecule has 0 unspecified atom stereocenters. The van der Waals surface area contributed by atoms with Crippen LogP contribution in [0.15, 0.2) is 29.2 Å². The normalized spacial score (nSPS) is 16.9. The van der Waals surface area contributed by atoms with Crippen molar-refractivity contribution in [1.29, 1.82) is 0 Å². The smallest absolute Gasteiger partial charge is 0.372 e. The van der Waals surface area contributed by atoms with E-state index in [1.807, 2.05) is 0 Å². The first-order valence-corrected chi connectivity index (χ1v) is 10.4. The number of alkyl halides is 3. The second-order valence-corrected chi connectivity index (χ2v) is 8.26. The number of ether oxygens (including phenoxy) is 1. The van der Waals surface area contributed by atoms with Gasteiger partial charge in [-0.1, -0.05) is 0 Å². The Morgan fingerprint density at radius 3 is 2.36 bits per heavy atom. The molecule has 2 rings (SSSR count). The van der Waals surface area contributed by atoms with Crippen molar-refractivity contribution in [2.24, 2.45) is 11.1 Å². The van der Waals surface area contributed by atoms with Crippen molar-refractivity contribution in [1.82, 2.24) is 4.90 Å². The summed E-state index contributed by atoms with van der Waals surface area (Å²) in [5.74, 6) is -0.313. The molecule has 1 aliphatic heterocycles. The minimum atomic E-state index is -4.30. The van der Waals surface area contributed by atoms with E-state index in [0.717, 1.165) is 0 Å². The molecule has 0 atom stereocenters. The zero-order chi connectivity index (χ0) is 20.8. The van der Waals surface area contributed by atoms with Gasteiger partial charge in [0, 0.05) is 24.8 Å². The Morgan fingerprint density at radius 1 is 1.21 bits per heavy atom. The Morgan fingerprint density at radius 2 is 1.82 bits per heavy atom. The molecule has 1 aromatic rings. The molecule has 158 valence electrons. The molecule has 1 fully saturated rings. The van der Waals surface area contributed by atoms with E-state index < -0.39 is 22.8 Å². The predicted molar refractivity (Wildman–Crippen MR) is 97.1 cm³/mol. The van der Waals surface area contributed by atoms with Crippen LogP contribution in [0.1, 0.15) is 19.3 Å². The molecule has 1 amide bonds. The number of nitrogens with zero attached hydrogens (tertiary/aromatic N) is 1. The van der Waals surface area contributed by atoms with E-state index in [2.05, 4.69) is 15.0 Å². The second kappa shape index (κ2) is 9.68. The van der Waals surface area contributed by atoms with Crippen molar-refractivity contribution < 1.29 is 31.1 Å². The van der Waals surface area contributed by atoms with E-state index in [-0.39, 0.29) is 23.3 Å². The molecular weight excluding hydrogens is 399 g/mol. The third kappa shape index (κ3) is 7.74. The summed E-state index contributed by atoms with van der Waals surface area (Å²) < 4.78 is 63.0. The number of likely N-dealkylation sites (tertiary alicyclic amines) is 1. The van der Waals surface area contributed by atoms with Crippen LogP contribution in [0.4, 0.5) is 18.9 Å². The fourth-order valence-corrected chi connectivity index (χ4v) is 3.48. The molecular formula is C17H24F3N3O4S. The number of hydrogen-bond donors (Lipinski definition) is 2. The number of anilines is 1. The number of hydrogen-bond acceptors (Lipinski definition) is 5. The van der Waals surface area contributed by atoms with Crippen LogP contribution in [0.25, 0.3) is 0 Å². The topological polar surface area (TPSA) is 102 Å². The summed E-state index contributed by atoms with van der Waals surface area (Å²) in [5.41, 5.74) is 0.488. The number of carbonyl (C=O) groups is 1. The van der Waals surface area contributed by atoms with E-state index in [0.29, 0.717) is 44.6 Å². The monoisotopic (exact) mass is 423 g/mol. The zero-order valence-corrected chi connectivity index (χ0v) is 16.1. The van der Waals surface area contributed by atoms with Crippen molar-refractivity contribution in [3.05, 3.63) is 24.3 Å². The van der Waals surface area contributed by atoms with Crippen molar-refractivity contribution in [2.75, 3.05) is 38.2 Å². The lowest BCUT2D eigenvalue weighted by Gasteiger charge is -2.31. The standard InChI is InChI=1S/C17H24F3N3O4S/c18-17(19,20)12-27-11-1-8-23-9-6-13(7-10-23)16(24)22-14-2-4-15(5-3-14)28(21,25)26/h2-5,13H,1,6-12H2,(H,22,24)(H2,21,25,26). The van der Waals surface area contributed by atoms with Gasteiger partial charge in [0.1, 0.15) is 6.61 Å². The molecule has 0 aliphatic carbocycles. The number of primary sulfonamides is 1. The quantitative estimate of drug-likeness (QED) is 0.623. The Hall–Kier alpha value is -1.69. The highest BCUT2D eigenvalue weighted by atomic mass is 32.2. The third-order valence-electron chi connectivity index (χ3n) is 4.44. The minimum absolute atomic E-state index is 0.0296. The number of rotatable bonds is 8. The average molecular weight is 423 g/mol. The first-order chi connectivity index (χ1) is 13.0. The van der Waals surface area contributed by atoms with Gasteiger partial charge >= 0.3 is 6.18 Å². The molecule has 0 saturated carbocycles. The summed E-state index contributed by atoms with van der Waals surface area (Å²) in [4.78, 5) is 14.4. The summed E-state index contributed by atoms with van der Waals surface area (Å²) in [6.45, 7) is 0.812. The van der Waals surface area contributed by atoms with E-state index in [1.165, 1.54) is 24.3 Å². The Bertz CT molecular complexity index is 746. The number of halogens is 3. The van der Waals surface area contributed by atoms with E-state index in [9.17, 15) is 26.4 Å². The Balaban J connectivity index is 1.69. The maximum absolute atomic E-state index is 12.4. The molecule has 1 aromatic carbocycles. The highest BCUT2D eigenvalue weighted by Crippen LogP contribution is 2.21. The van der Waals surface area contributed by atoms with Crippen LogP contribution in [0.2, 0.25) is 0 Å². The first kappa shape index (κ1) is 22.6. The molecule has 0 bridgehead atoms. The highest BCUT2D eigenvalue weighted by Gasteiger charge is 2.27. The number of sulfonamides is 1. The number of amides is 1. The Kier molecular flexibility index (Phi) is 7.81. The molecule has 28 heavy (non-hydrogen) atoms. The van der Waals surface area contributed by atoms with Crippen LogP contribution in [-0.4, -0.2) is 58.2 Å². The van der Waals surface area contributed by atoms with Gasteiger partial charge in [0.15, 0.2) is 0 Å². The molecule has 1 saturated heterocycles. The SMILES string of the molecule is NS(=O)(=O)c1ccc(NC(=O)C2CCN(CCCOCC(F)(F)F)CC2)cc1. The van der Waals surface area contributed by atoms with Gasteiger partial charge in [0.2, 0.25) is 15.9 Å². The largest absolute Gasteiger partial charge is 0.411 e. The lowest BCUT2D eigenvalue weighted by atomic mass is 9.95. The minimum Gasteiger partial charge on any atom is -0.372 e. The van der Waals surface area contributed by atoms with Crippen LogP contribution < -0.4 is 10.5 Å². The van der Waals surface area contributed by atoms with Crippen LogP contribution in [0.5, 0.6) is 0 Å². The molecule has 7 nitrogen and oxygen atoms in total. The van der Waals surface area contributed by atoms with Crippen LogP contribution in [-0.2, 0) is 19.6 Å². The van der Waals surface area contributed by atoms with Crippen molar-refractivity contribution in [2.45, 2.75) is 30.3 Å². The summed E-state index contributed by atoms with van der Waals surface area (Å²) in [6, 6.07) is 5.62. The molecule has 3 N–H and O–H groups in total. The van der Waals surface area contributed by atoms with Gasteiger partial charge in [-0.3, -0.25) is 4.79 Å². The predicted octanol–water partition coefficient (Wildman–Crippen LogP) is 1.95. The maximum atomic E-state index is 12.4. The summed E-state index contributed by atoms with van der Waals surface area (Å²) in [7, 11) is -3.78. The maximum Gasteiger partial charge on any atom is 0.411 e. The zero-order valence-electron chi connectivity index (χ0n) is 15.2. The van der Waals surface area contributed by atoms with Gasteiger partial charge in [0.05, 0.1) is 4.90 Å².